The number of carbonyl (C=O) groups is 1. The molecular weight excluding hydrogens is 350 g/mol. The number of nitrogens with one attached hydrogen (secondary N) is 2. The number of sulfonamides is 1. The molecule has 3 rings (SSSR count). The van der Waals surface area contributed by atoms with Crippen LogP contribution in [0.2, 0.25) is 0 Å². The number of hydrogen-bond acceptors (Lipinski definition) is 4. The zero-order valence-corrected chi connectivity index (χ0v) is 15.4. The first kappa shape index (κ1) is 18.4. The molecule has 2 aromatic carbocycles. The normalized spacial score (nSPS) is 15.3. The summed E-state index contributed by atoms with van der Waals surface area (Å²) in [6, 6.07) is 13.0. The highest BCUT2D eigenvalue weighted by Gasteiger charge is 2.32. The highest BCUT2D eigenvalue weighted by Crippen LogP contribution is 2.32. The minimum Gasteiger partial charge on any atom is -0.348 e. The Bertz CT molecular complexity index is 891. The van der Waals surface area contributed by atoms with Crippen molar-refractivity contribution in [3.63, 3.8) is 0 Å². The van der Waals surface area contributed by atoms with Crippen LogP contribution in [0.4, 0.5) is 5.69 Å². The smallest absolute Gasteiger partial charge is 0.261 e. The van der Waals surface area contributed by atoms with E-state index in [1.807, 2.05) is 6.92 Å². The molecule has 2 aromatic rings. The van der Waals surface area contributed by atoms with Gasteiger partial charge in [0, 0.05) is 12.6 Å². The van der Waals surface area contributed by atoms with E-state index in [1.165, 1.54) is 12.1 Å². The van der Waals surface area contributed by atoms with Crippen LogP contribution in [0.15, 0.2) is 53.4 Å². The van der Waals surface area contributed by atoms with Gasteiger partial charge >= 0.3 is 0 Å². The van der Waals surface area contributed by atoms with Crippen molar-refractivity contribution in [1.82, 2.24) is 5.32 Å². The summed E-state index contributed by atoms with van der Waals surface area (Å²) in [5.74, 6) is 0.0925. The van der Waals surface area contributed by atoms with Crippen LogP contribution >= 0.6 is 0 Å². The molecule has 1 amide bonds. The van der Waals surface area contributed by atoms with Crippen molar-refractivity contribution in [2.24, 2.45) is 11.7 Å². The van der Waals surface area contributed by atoms with Crippen LogP contribution in [-0.2, 0) is 10.0 Å². The molecule has 4 N–H and O–H groups in total. The molecule has 138 valence electrons. The minimum atomic E-state index is -3.78. The molecular formula is C19H23N3O3S. The van der Waals surface area contributed by atoms with Crippen molar-refractivity contribution in [3.05, 3.63) is 59.7 Å². The maximum atomic E-state index is 12.6. The number of hydrogen-bond donors (Lipinski definition) is 3. The Morgan fingerprint density at radius 2 is 1.81 bits per heavy atom. The summed E-state index contributed by atoms with van der Waals surface area (Å²) < 4.78 is 27.8. The van der Waals surface area contributed by atoms with E-state index in [0.717, 1.165) is 18.4 Å². The first-order chi connectivity index (χ1) is 12.4. The van der Waals surface area contributed by atoms with E-state index in [4.69, 9.17) is 5.73 Å². The average Bonchev–Trinajstić information content (AvgIpc) is 3.45. The zero-order valence-electron chi connectivity index (χ0n) is 14.6. The lowest BCUT2D eigenvalue weighted by molar-refractivity contribution is 0.0934. The number of amides is 1. The molecule has 0 aromatic heterocycles. The Labute approximate surface area is 153 Å². The third-order valence-electron chi connectivity index (χ3n) is 4.51. The molecule has 0 spiro atoms. The number of nitrogens with two attached hydrogens (primary N) is 1. The van der Waals surface area contributed by atoms with Gasteiger partial charge in [-0.2, -0.15) is 0 Å². The molecule has 0 aliphatic heterocycles. The number of benzene rings is 2. The third-order valence-corrected chi connectivity index (χ3v) is 5.89. The average molecular weight is 373 g/mol. The highest BCUT2D eigenvalue weighted by atomic mass is 32.2. The lowest BCUT2D eigenvalue weighted by atomic mass is 10.1. The predicted octanol–water partition coefficient (Wildman–Crippen LogP) is 2.26. The molecule has 0 saturated heterocycles. The van der Waals surface area contributed by atoms with E-state index >= 15 is 0 Å². The molecule has 1 aliphatic rings. The van der Waals surface area contributed by atoms with E-state index in [9.17, 15) is 13.2 Å². The standard InChI is InChI=1S/C19H23N3O3S/c1-13-6-10-15(11-7-13)26(24,25)22-17-5-3-2-4-16(17)19(23)21-18(12-20)14-8-9-14/h2-7,10-11,14,18,22H,8-9,12,20H2,1H3,(H,21,23). The van der Waals surface area contributed by atoms with E-state index in [0.29, 0.717) is 12.5 Å². The molecule has 26 heavy (non-hydrogen) atoms. The molecule has 0 bridgehead atoms. The fraction of sp³-hybridized carbons (Fsp3) is 0.316. The van der Waals surface area contributed by atoms with Crippen molar-refractivity contribution in [2.75, 3.05) is 11.3 Å². The Morgan fingerprint density at radius 3 is 2.42 bits per heavy atom. The largest absolute Gasteiger partial charge is 0.348 e. The Morgan fingerprint density at radius 1 is 1.15 bits per heavy atom. The van der Waals surface area contributed by atoms with Gasteiger partial charge in [-0.25, -0.2) is 8.42 Å². The second-order valence-corrected chi connectivity index (χ2v) is 8.30. The van der Waals surface area contributed by atoms with Gasteiger partial charge in [0.1, 0.15) is 0 Å². The molecule has 1 saturated carbocycles. The van der Waals surface area contributed by atoms with Gasteiger partial charge in [0.05, 0.1) is 16.1 Å². The first-order valence-electron chi connectivity index (χ1n) is 8.60. The lowest BCUT2D eigenvalue weighted by Crippen LogP contribution is -2.42. The molecule has 1 atom stereocenters. The monoisotopic (exact) mass is 373 g/mol. The topological polar surface area (TPSA) is 101 Å². The summed E-state index contributed by atoms with van der Waals surface area (Å²) in [6.45, 7) is 2.25. The van der Waals surface area contributed by atoms with Crippen molar-refractivity contribution in [1.29, 1.82) is 0 Å². The van der Waals surface area contributed by atoms with Gasteiger partial charge in [0.2, 0.25) is 0 Å². The second-order valence-electron chi connectivity index (χ2n) is 6.62. The summed E-state index contributed by atoms with van der Waals surface area (Å²) in [4.78, 5) is 12.8. The van der Waals surface area contributed by atoms with E-state index in [-0.39, 0.29) is 28.1 Å². The van der Waals surface area contributed by atoms with Crippen molar-refractivity contribution >= 4 is 21.6 Å². The summed E-state index contributed by atoms with van der Waals surface area (Å²) >= 11 is 0. The molecule has 0 heterocycles. The summed E-state index contributed by atoms with van der Waals surface area (Å²) in [5.41, 5.74) is 7.24. The summed E-state index contributed by atoms with van der Waals surface area (Å²) in [6.07, 6.45) is 2.12. The molecule has 1 fully saturated rings. The number of anilines is 1. The fourth-order valence-electron chi connectivity index (χ4n) is 2.81. The number of carbonyl (C=O) groups excluding carboxylic acids is 1. The van der Waals surface area contributed by atoms with Crippen LogP contribution in [0, 0.1) is 12.8 Å². The Balaban J connectivity index is 1.82. The first-order valence-corrected chi connectivity index (χ1v) is 10.1. The molecule has 0 radical (unpaired) electrons. The van der Waals surface area contributed by atoms with Crippen LogP contribution in [0.5, 0.6) is 0 Å². The van der Waals surface area contributed by atoms with Gasteiger partial charge in [-0.1, -0.05) is 29.8 Å². The van der Waals surface area contributed by atoms with Crippen molar-refractivity contribution in [3.8, 4) is 0 Å². The summed E-state index contributed by atoms with van der Waals surface area (Å²) in [5, 5.41) is 2.92. The third kappa shape index (κ3) is 4.23. The van der Waals surface area contributed by atoms with Gasteiger partial charge in [-0.05, 0) is 49.9 Å². The SMILES string of the molecule is Cc1ccc(S(=O)(=O)Nc2ccccc2C(=O)NC(CN)C2CC2)cc1. The number of para-hydroxylation sites is 1. The Hall–Kier alpha value is -2.38. The maximum absolute atomic E-state index is 12.6. The summed E-state index contributed by atoms with van der Waals surface area (Å²) in [7, 11) is -3.78. The Kier molecular flexibility index (Phi) is 5.29. The van der Waals surface area contributed by atoms with Crippen LogP contribution in [-0.4, -0.2) is 26.9 Å². The van der Waals surface area contributed by atoms with Gasteiger partial charge < -0.3 is 11.1 Å². The van der Waals surface area contributed by atoms with Crippen molar-refractivity contribution in [2.45, 2.75) is 30.7 Å². The van der Waals surface area contributed by atoms with Crippen LogP contribution in [0.3, 0.4) is 0 Å². The van der Waals surface area contributed by atoms with Crippen LogP contribution in [0.25, 0.3) is 0 Å². The zero-order chi connectivity index (χ0) is 18.7. The van der Waals surface area contributed by atoms with E-state index in [2.05, 4.69) is 10.0 Å². The number of aryl methyl sites for hydroxylation is 1. The van der Waals surface area contributed by atoms with Gasteiger partial charge in [-0.15, -0.1) is 0 Å². The second kappa shape index (κ2) is 7.47. The van der Waals surface area contributed by atoms with Crippen LogP contribution < -0.4 is 15.8 Å². The van der Waals surface area contributed by atoms with Gasteiger partial charge in [0.15, 0.2) is 0 Å². The van der Waals surface area contributed by atoms with Crippen LogP contribution in [0.1, 0.15) is 28.8 Å². The molecule has 7 heteroatoms. The maximum Gasteiger partial charge on any atom is 0.261 e. The van der Waals surface area contributed by atoms with E-state index < -0.39 is 10.0 Å². The van der Waals surface area contributed by atoms with Crippen molar-refractivity contribution < 1.29 is 13.2 Å². The predicted molar refractivity (Wildman–Crippen MR) is 101 cm³/mol. The van der Waals surface area contributed by atoms with Gasteiger partial charge in [0.25, 0.3) is 15.9 Å². The molecule has 6 nitrogen and oxygen atoms in total. The molecule has 1 aliphatic carbocycles. The fourth-order valence-corrected chi connectivity index (χ4v) is 3.88. The van der Waals surface area contributed by atoms with E-state index in [1.54, 1.807) is 36.4 Å². The molecule has 1 unspecified atom stereocenters. The highest BCUT2D eigenvalue weighted by molar-refractivity contribution is 7.92. The number of rotatable bonds is 7. The lowest BCUT2D eigenvalue weighted by Gasteiger charge is -2.18. The quantitative estimate of drug-likeness (QED) is 0.693. The minimum absolute atomic E-state index is 0.0794. The van der Waals surface area contributed by atoms with Gasteiger partial charge in [-0.3, -0.25) is 9.52 Å².